The van der Waals surface area contributed by atoms with Crippen LogP contribution in [0, 0.1) is 0 Å². The minimum Gasteiger partial charge on any atom is -0.389 e. The Labute approximate surface area is 299 Å². The van der Waals surface area contributed by atoms with Gasteiger partial charge < -0.3 is 14.6 Å². The molecule has 8 nitrogen and oxygen atoms in total. The lowest BCUT2D eigenvalue weighted by atomic mass is 10.0. The zero-order valence-corrected chi connectivity index (χ0v) is 33.4. The zero-order chi connectivity index (χ0) is 37.1. The number of nitrogens with zero attached hydrogens (tertiary/aromatic N) is 4. The summed E-state index contributed by atoms with van der Waals surface area (Å²) in [6.45, 7) is 16.2. The second-order valence-corrected chi connectivity index (χ2v) is 26.7. The Morgan fingerprint density at radius 1 is 0.776 bits per heavy atom. The van der Waals surface area contributed by atoms with Crippen molar-refractivity contribution in [3.05, 3.63) is 55.7 Å². The summed E-state index contributed by atoms with van der Waals surface area (Å²) in [6, 6.07) is 5.74. The Hall–Kier alpha value is -2.10. The molecule has 1 N–H and O–H groups in total. The van der Waals surface area contributed by atoms with E-state index in [1.807, 2.05) is 0 Å². The predicted octanol–water partition coefficient (Wildman–Crippen LogP) is 10.1. The fourth-order valence-electron chi connectivity index (χ4n) is 4.42. The first-order valence-electron chi connectivity index (χ1n) is 15.3. The van der Waals surface area contributed by atoms with Gasteiger partial charge in [0, 0.05) is 51.3 Å². The average Bonchev–Trinajstić information content (AvgIpc) is 3.46. The molecule has 18 heteroatoms. The number of aliphatic hydroxyl groups excluding tert-OH is 1. The number of carbonyl (C=O) groups is 1. The fourth-order valence-corrected chi connectivity index (χ4v) is 6.91. The Bertz CT molecular complexity index is 1760. The van der Waals surface area contributed by atoms with Crippen molar-refractivity contribution in [3.8, 4) is 0 Å². The number of rotatable bonds is 12. The van der Waals surface area contributed by atoms with Crippen molar-refractivity contribution in [2.75, 3.05) is 13.2 Å². The lowest BCUT2D eigenvalue weighted by molar-refractivity contribution is -0.138. The maximum Gasteiger partial charge on any atom is 0.416 e. The van der Waals surface area contributed by atoms with E-state index in [4.69, 9.17) is 9.47 Å². The number of carbonyl (C=O) groups excluding carboxylic acids is 1. The summed E-state index contributed by atoms with van der Waals surface area (Å²) in [5, 5.41) is 18.9. The molecule has 0 saturated heterocycles. The van der Waals surface area contributed by atoms with Crippen molar-refractivity contribution in [1.82, 2.24) is 19.6 Å². The van der Waals surface area contributed by atoms with Gasteiger partial charge in [-0.25, -0.2) is 9.36 Å². The minimum absolute atomic E-state index is 0.0960. The van der Waals surface area contributed by atoms with Gasteiger partial charge in [0.1, 0.15) is 28.2 Å². The molecule has 0 aliphatic rings. The summed E-state index contributed by atoms with van der Waals surface area (Å²) in [5.41, 5.74) is -1.08. The SMILES string of the molecule is CC(O)c1cc(C(F)(F)F)cc2c(Br)n(COCC[Si](C)(C)C)nc12.C[Si](C)(C)CCOCn1nc2c(C=O)cc(C(F)(F)F)cc2c1Br. The Balaban J connectivity index is 0.000000266. The maximum absolute atomic E-state index is 13.1. The number of aromatic nitrogens is 4. The van der Waals surface area contributed by atoms with Gasteiger partial charge in [-0.2, -0.15) is 36.5 Å². The zero-order valence-electron chi connectivity index (χ0n) is 28.2. The highest BCUT2D eigenvalue weighted by molar-refractivity contribution is 9.10. The van der Waals surface area contributed by atoms with Crippen LogP contribution in [0.4, 0.5) is 26.3 Å². The molecule has 49 heavy (non-hydrogen) atoms. The van der Waals surface area contributed by atoms with Crippen LogP contribution in [0.15, 0.2) is 33.5 Å². The molecule has 2 heterocycles. The molecular weight excluding hydrogens is 822 g/mol. The number of aliphatic hydroxyl groups is 1. The molecule has 0 bridgehead atoms. The lowest BCUT2D eigenvalue weighted by Gasteiger charge is -2.15. The van der Waals surface area contributed by atoms with Crippen molar-refractivity contribution < 1.29 is 45.7 Å². The number of aldehydes is 1. The molecule has 2 aromatic heterocycles. The van der Waals surface area contributed by atoms with E-state index in [0.29, 0.717) is 39.6 Å². The lowest BCUT2D eigenvalue weighted by Crippen LogP contribution is -2.22. The van der Waals surface area contributed by atoms with E-state index in [9.17, 15) is 36.2 Å². The van der Waals surface area contributed by atoms with E-state index in [1.165, 1.54) is 16.3 Å². The summed E-state index contributed by atoms with van der Waals surface area (Å²) in [5.74, 6) is 0. The standard InChI is InChI=1S/C16H22BrF3N2O2Si.C15H18BrF3N2O2Si/c1-10(23)12-7-11(16(18,19)20)8-13-14(12)21-22(15(13)17)9-24-5-6-25(2,3)4;1-24(2,3)5-4-23-9-21-14(16)12-7-11(15(17,18)19)6-10(8-22)13(12)20-21/h7-8,10,23H,5-6,9H2,1-4H3;6-8H,4-5,9H2,1-3H3. The van der Waals surface area contributed by atoms with Gasteiger partial charge in [-0.15, -0.1) is 0 Å². The number of fused-ring (bicyclic) bond motifs is 2. The molecule has 1 atom stereocenters. The summed E-state index contributed by atoms with van der Waals surface area (Å²) >= 11 is 6.56. The van der Waals surface area contributed by atoms with Crippen molar-refractivity contribution in [3.63, 3.8) is 0 Å². The molecule has 0 saturated carbocycles. The van der Waals surface area contributed by atoms with Crippen molar-refractivity contribution in [2.45, 2.75) is 90.2 Å². The van der Waals surface area contributed by atoms with Crippen LogP contribution in [0.5, 0.6) is 0 Å². The normalized spacial score (nSPS) is 13.6. The summed E-state index contributed by atoms with van der Waals surface area (Å²) < 4.78 is 93.0. The number of hydrogen-bond donors (Lipinski definition) is 1. The summed E-state index contributed by atoms with van der Waals surface area (Å²) in [7, 11) is -2.44. The van der Waals surface area contributed by atoms with Crippen molar-refractivity contribution in [1.29, 1.82) is 0 Å². The molecule has 0 aliphatic carbocycles. The van der Waals surface area contributed by atoms with E-state index in [1.54, 1.807) is 0 Å². The highest BCUT2D eigenvalue weighted by atomic mass is 79.9. The molecule has 272 valence electrons. The molecule has 0 radical (unpaired) electrons. The summed E-state index contributed by atoms with van der Waals surface area (Å²) in [6.07, 6.45) is -9.70. The van der Waals surface area contributed by atoms with Gasteiger partial charge in [0.25, 0.3) is 0 Å². The predicted molar refractivity (Wildman–Crippen MR) is 189 cm³/mol. The molecule has 0 spiro atoms. The van der Waals surface area contributed by atoms with Gasteiger partial charge in [-0.05, 0) is 75.1 Å². The van der Waals surface area contributed by atoms with E-state index in [-0.39, 0.29) is 35.5 Å². The van der Waals surface area contributed by atoms with Gasteiger partial charge in [0.2, 0.25) is 0 Å². The van der Waals surface area contributed by atoms with Crippen molar-refractivity contribution in [2.24, 2.45) is 0 Å². The van der Waals surface area contributed by atoms with Gasteiger partial charge in [-0.3, -0.25) is 4.79 Å². The number of halogens is 8. The quantitative estimate of drug-likeness (QED) is 0.0660. The Morgan fingerprint density at radius 3 is 1.57 bits per heavy atom. The van der Waals surface area contributed by atoms with Crippen LogP contribution in [-0.4, -0.2) is 60.3 Å². The molecule has 0 amide bonds. The third-order valence-corrected chi connectivity index (χ3v) is 12.4. The Kier molecular flexibility index (Phi) is 13.5. The number of alkyl halides is 6. The van der Waals surface area contributed by atoms with Crippen LogP contribution in [0.1, 0.15) is 40.1 Å². The third kappa shape index (κ3) is 11.5. The topological polar surface area (TPSA) is 91.4 Å². The van der Waals surface area contributed by atoms with E-state index in [2.05, 4.69) is 81.3 Å². The number of hydrogen-bond acceptors (Lipinski definition) is 6. The number of ether oxygens (including phenoxy) is 2. The van der Waals surface area contributed by atoms with Crippen molar-refractivity contribution >= 4 is 76.1 Å². The highest BCUT2D eigenvalue weighted by Gasteiger charge is 2.34. The largest absolute Gasteiger partial charge is 0.416 e. The van der Waals surface area contributed by atoms with Crippen LogP contribution in [0.3, 0.4) is 0 Å². The molecule has 4 aromatic rings. The molecule has 0 fully saturated rings. The first-order valence-corrected chi connectivity index (χ1v) is 24.3. The molecule has 2 aromatic carbocycles. The molecule has 4 rings (SSSR count). The monoisotopic (exact) mass is 860 g/mol. The van der Waals surface area contributed by atoms with Crippen LogP contribution < -0.4 is 0 Å². The van der Waals surface area contributed by atoms with E-state index < -0.39 is 45.7 Å². The summed E-state index contributed by atoms with van der Waals surface area (Å²) in [4.78, 5) is 11.1. The van der Waals surface area contributed by atoms with Crippen LogP contribution in [0.2, 0.25) is 51.4 Å². The fraction of sp³-hybridized carbons (Fsp3) is 0.516. The van der Waals surface area contributed by atoms with Gasteiger partial charge in [-0.1, -0.05) is 39.3 Å². The smallest absolute Gasteiger partial charge is 0.389 e. The van der Waals surface area contributed by atoms with Crippen LogP contribution in [0.25, 0.3) is 21.8 Å². The second-order valence-electron chi connectivity index (χ2n) is 14.0. The van der Waals surface area contributed by atoms with E-state index in [0.717, 1.165) is 36.4 Å². The number of benzene rings is 2. The maximum atomic E-state index is 13.1. The van der Waals surface area contributed by atoms with Gasteiger partial charge in [0.15, 0.2) is 6.29 Å². The van der Waals surface area contributed by atoms with Gasteiger partial charge in [0.05, 0.1) is 22.7 Å². The van der Waals surface area contributed by atoms with E-state index >= 15 is 0 Å². The molecular formula is C31H40Br2F6N4O4Si2. The van der Waals surface area contributed by atoms with Gasteiger partial charge >= 0.3 is 12.4 Å². The third-order valence-electron chi connectivity index (χ3n) is 7.27. The van der Waals surface area contributed by atoms with Crippen LogP contribution >= 0.6 is 31.9 Å². The highest BCUT2D eigenvalue weighted by Crippen LogP contribution is 2.38. The van der Waals surface area contributed by atoms with Crippen LogP contribution in [-0.2, 0) is 35.3 Å². The Morgan fingerprint density at radius 2 is 1.18 bits per heavy atom. The minimum atomic E-state index is -4.53. The first kappa shape index (κ1) is 41.3. The first-order chi connectivity index (χ1) is 22.4. The second kappa shape index (κ2) is 16.1. The molecule has 0 aliphatic heterocycles. The molecule has 1 unspecified atom stereocenters. The average molecular weight is 863 g/mol.